The van der Waals surface area contributed by atoms with Gasteiger partial charge in [0.15, 0.2) is 5.82 Å². The van der Waals surface area contributed by atoms with Crippen molar-refractivity contribution in [2.24, 2.45) is 5.92 Å². The third-order valence-electron chi connectivity index (χ3n) is 2.93. The van der Waals surface area contributed by atoms with Gasteiger partial charge in [-0.1, -0.05) is 24.9 Å². The van der Waals surface area contributed by atoms with E-state index in [0.29, 0.717) is 23.6 Å². The minimum absolute atomic E-state index is 0.387. The quantitative estimate of drug-likeness (QED) is 0.794. The Labute approximate surface area is 107 Å². The van der Waals surface area contributed by atoms with E-state index < -0.39 is 0 Å². The average Bonchev–Trinajstić information content (AvgIpc) is 2.96. The van der Waals surface area contributed by atoms with Crippen molar-refractivity contribution in [3.8, 4) is 0 Å². The first-order valence-electron chi connectivity index (χ1n) is 6.02. The fourth-order valence-corrected chi connectivity index (χ4v) is 2.24. The van der Waals surface area contributed by atoms with Crippen LogP contribution in [0.25, 0.3) is 0 Å². The molecule has 2 rings (SSSR count). The van der Waals surface area contributed by atoms with Crippen LogP contribution in [0.2, 0.25) is 5.15 Å². The summed E-state index contributed by atoms with van der Waals surface area (Å²) in [6.45, 7) is 2.60. The minimum Gasteiger partial charge on any atom is -0.377 e. The van der Waals surface area contributed by atoms with Gasteiger partial charge in [-0.25, -0.2) is 9.97 Å². The zero-order valence-electron chi connectivity index (χ0n) is 10.2. The second-order valence-corrected chi connectivity index (χ2v) is 4.85. The summed E-state index contributed by atoms with van der Waals surface area (Å²) in [7, 11) is 1.62. The van der Waals surface area contributed by atoms with Gasteiger partial charge in [-0.05, 0) is 18.8 Å². The third kappa shape index (κ3) is 3.54. The Balaban J connectivity index is 1.96. The van der Waals surface area contributed by atoms with Crippen LogP contribution in [0.3, 0.4) is 0 Å². The van der Waals surface area contributed by atoms with Crippen molar-refractivity contribution >= 4 is 17.4 Å². The molecule has 2 atom stereocenters. The smallest absolute Gasteiger partial charge is 0.158 e. The number of aromatic nitrogens is 2. The van der Waals surface area contributed by atoms with E-state index in [9.17, 15) is 0 Å². The molecule has 0 spiro atoms. The first kappa shape index (κ1) is 12.6. The Hall–Kier alpha value is -0.870. The van der Waals surface area contributed by atoms with Crippen molar-refractivity contribution in [3.63, 3.8) is 0 Å². The van der Waals surface area contributed by atoms with Gasteiger partial charge in [0.2, 0.25) is 0 Å². The van der Waals surface area contributed by atoms with Gasteiger partial charge in [-0.15, -0.1) is 0 Å². The summed E-state index contributed by atoms with van der Waals surface area (Å²) < 4.78 is 5.01. The van der Waals surface area contributed by atoms with E-state index >= 15 is 0 Å². The van der Waals surface area contributed by atoms with Crippen LogP contribution in [0.4, 0.5) is 5.82 Å². The van der Waals surface area contributed by atoms with Gasteiger partial charge < -0.3 is 10.1 Å². The van der Waals surface area contributed by atoms with E-state index in [1.807, 2.05) is 0 Å². The maximum absolute atomic E-state index is 5.94. The molecule has 0 radical (unpaired) electrons. The molecule has 94 valence electrons. The molecule has 0 amide bonds. The largest absolute Gasteiger partial charge is 0.377 e. The van der Waals surface area contributed by atoms with Crippen LogP contribution >= 0.6 is 11.6 Å². The van der Waals surface area contributed by atoms with Crippen molar-refractivity contribution in [1.82, 2.24) is 9.97 Å². The van der Waals surface area contributed by atoms with E-state index in [4.69, 9.17) is 16.3 Å². The summed E-state index contributed by atoms with van der Waals surface area (Å²) in [4.78, 5) is 8.46. The highest BCUT2D eigenvalue weighted by Crippen LogP contribution is 2.37. The van der Waals surface area contributed by atoms with Crippen LogP contribution in [-0.4, -0.2) is 23.1 Å². The number of methoxy groups -OCH3 is 1. The SMILES string of the molecule is CCCC1CC1Nc1cc(Cl)nc(COC)n1. The molecule has 1 heterocycles. The topological polar surface area (TPSA) is 47.0 Å². The fraction of sp³-hybridized carbons (Fsp3) is 0.667. The van der Waals surface area contributed by atoms with E-state index in [2.05, 4.69) is 22.2 Å². The number of nitrogens with zero attached hydrogens (tertiary/aromatic N) is 2. The lowest BCUT2D eigenvalue weighted by molar-refractivity contribution is 0.178. The van der Waals surface area contributed by atoms with Crippen LogP contribution < -0.4 is 5.32 Å². The van der Waals surface area contributed by atoms with Crippen LogP contribution in [0, 0.1) is 5.92 Å². The van der Waals surface area contributed by atoms with Gasteiger partial charge in [0.1, 0.15) is 17.6 Å². The summed E-state index contributed by atoms with van der Waals surface area (Å²) in [5.74, 6) is 2.22. The summed E-state index contributed by atoms with van der Waals surface area (Å²) in [6, 6.07) is 2.32. The lowest BCUT2D eigenvalue weighted by atomic mass is 10.2. The number of anilines is 1. The lowest BCUT2D eigenvalue weighted by Gasteiger charge is -2.07. The molecule has 0 saturated heterocycles. The molecule has 5 heteroatoms. The summed E-state index contributed by atoms with van der Waals surface area (Å²) in [6.07, 6.45) is 3.75. The standard InChI is InChI=1S/C12H18ClN3O/c1-3-4-8-5-9(8)14-11-6-10(13)15-12(16-11)7-17-2/h6,8-9H,3-5,7H2,1-2H3,(H,14,15,16). The van der Waals surface area contributed by atoms with E-state index in [0.717, 1.165) is 11.7 Å². The monoisotopic (exact) mass is 255 g/mol. The summed E-state index contributed by atoms with van der Waals surface area (Å²) in [5.41, 5.74) is 0. The third-order valence-corrected chi connectivity index (χ3v) is 3.12. The molecule has 2 unspecified atom stereocenters. The number of hydrogen-bond donors (Lipinski definition) is 1. The highest BCUT2D eigenvalue weighted by molar-refractivity contribution is 6.29. The van der Waals surface area contributed by atoms with Crippen molar-refractivity contribution in [2.45, 2.75) is 38.8 Å². The van der Waals surface area contributed by atoms with Gasteiger partial charge in [0, 0.05) is 19.2 Å². The lowest BCUT2D eigenvalue weighted by Crippen LogP contribution is -2.08. The normalized spacial score (nSPS) is 22.5. The second-order valence-electron chi connectivity index (χ2n) is 4.46. The highest BCUT2D eigenvalue weighted by Gasteiger charge is 2.36. The Morgan fingerprint density at radius 2 is 2.35 bits per heavy atom. The van der Waals surface area contributed by atoms with Crippen molar-refractivity contribution in [1.29, 1.82) is 0 Å². The molecule has 1 saturated carbocycles. The predicted octanol–water partition coefficient (Wildman–Crippen LogP) is 2.88. The predicted molar refractivity (Wildman–Crippen MR) is 68.2 cm³/mol. The fourth-order valence-electron chi connectivity index (χ4n) is 2.04. The molecular formula is C12H18ClN3O. The molecule has 1 aliphatic rings. The first-order chi connectivity index (χ1) is 8.22. The van der Waals surface area contributed by atoms with Crippen LogP contribution in [0.15, 0.2) is 6.07 Å². The number of rotatable bonds is 6. The highest BCUT2D eigenvalue weighted by atomic mass is 35.5. The van der Waals surface area contributed by atoms with Gasteiger partial charge in [-0.2, -0.15) is 0 Å². The maximum atomic E-state index is 5.94. The molecule has 0 bridgehead atoms. The molecular weight excluding hydrogens is 238 g/mol. The number of ether oxygens (including phenoxy) is 1. The zero-order chi connectivity index (χ0) is 12.3. The van der Waals surface area contributed by atoms with Crippen LogP contribution in [0.5, 0.6) is 0 Å². The second kappa shape index (κ2) is 5.65. The molecule has 1 aliphatic carbocycles. The Bertz CT molecular complexity index is 386. The maximum Gasteiger partial charge on any atom is 0.158 e. The summed E-state index contributed by atoms with van der Waals surface area (Å²) in [5, 5.41) is 3.86. The van der Waals surface area contributed by atoms with Crippen LogP contribution in [0.1, 0.15) is 32.0 Å². The Morgan fingerprint density at radius 1 is 1.53 bits per heavy atom. The molecule has 4 nitrogen and oxygen atoms in total. The van der Waals surface area contributed by atoms with Crippen molar-refractivity contribution < 1.29 is 4.74 Å². The van der Waals surface area contributed by atoms with Crippen LogP contribution in [-0.2, 0) is 11.3 Å². The molecule has 0 aromatic carbocycles. The minimum atomic E-state index is 0.387. The van der Waals surface area contributed by atoms with Gasteiger partial charge >= 0.3 is 0 Å². The first-order valence-corrected chi connectivity index (χ1v) is 6.39. The number of nitrogens with one attached hydrogen (secondary N) is 1. The van der Waals surface area contributed by atoms with E-state index in [1.54, 1.807) is 13.2 Å². The molecule has 1 aromatic heterocycles. The zero-order valence-corrected chi connectivity index (χ0v) is 11.0. The van der Waals surface area contributed by atoms with Gasteiger partial charge in [0.25, 0.3) is 0 Å². The van der Waals surface area contributed by atoms with Crippen molar-refractivity contribution in [3.05, 3.63) is 17.0 Å². The van der Waals surface area contributed by atoms with Gasteiger partial charge in [0.05, 0.1) is 0 Å². The van der Waals surface area contributed by atoms with E-state index in [1.165, 1.54) is 19.3 Å². The average molecular weight is 256 g/mol. The molecule has 1 N–H and O–H groups in total. The molecule has 0 aliphatic heterocycles. The number of halogens is 1. The van der Waals surface area contributed by atoms with Gasteiger partial charge in [-0.3, -0.25) is 0 Å². The Kier molecular flexibility index (Phi) is 4.18. The van der Waals surface area contributed by atoms with E-state index in [-0.39, 0.29) is 0 Å². The number of hydrogen-bond acceptors (Lipinski definition) is 4. The molecule has 1 aromatic rings. The molecule has 17 heavy (non-hydrogen) atoms. The Morgan fingerprint density at radius 3 is 3.06 bits per heavy atom. The molecule has 1 fully saturated rings. The van der Waals surface area contributed by atoms with Crippen molar-refractivity contribution in [2.75, 3.05) is 12.4 Å². The summed E-state index contributed by atoms with van der Waals surface area (Å²) >= 11 is 5.94.